The molecule has 3 nitrogen and oxygen atoms in total. The molecule has 0 saturated carbocycles. The number of benzene rings is 2. The van der Waals surface area contributed by atoms with Crippen LogP contribution in [0.25, 0.3) is 0 Å². The van der Waals surface area contributed by atoms with Crippen molar-refractivity contribution in [1.29, 1.82) is 0 Å². The van der Waals surface area contributed by atoms with Crippen LogP contribution in [-0.2, 0) is 0 Å². The van der Waals surface area contributed by atoms with Crippen LogP contribution in [0.5, 0.6) is 11.5 Å². The van der Waals surface area contributed by atoms with Crippen molar-refractivity contribution in [2.75, 3.05) is 13.2 Å². The van der Waals surface area contributed by atoms with E-state index in [4.69, 9.17) is 9.47 Å². The SMILES string of the molecule is Cc1cc(C=O)ccc1OCCOc1ccccc1. The maximum atomic E-state index is 10.6. The molecule has 0 bridgehead atoms. The number of aldehydes is 1. The standard InChI is InChI=1S/C16H16O3/c1-13-11-14(12-17)7-8-16(13)19-10-9-18-15-5-3-2-4-6-15/h2-8,11-12H,9-10H2,1H3. The molecule has 19 heavy (non-hydrogen) atoms. The van der Waals surface area contributed by atoms with Gasteiger partial charge in [-0.1, -0.05) is 18.2 Å². The first kappa shape index (κ1) is 13.1. The molecular formula is C16H16O3. The molecule has 0 saturated heterocycles. The lowest BCUT2D eigenvalue weighted by Crippen LogP contribution is -2.09. The van der Waals surface area contributed by atoms with Crippen molar-refractivity contribution in [1.82, 2.24) is 0 Å². The molecule has 0 unspecified atom stereocenters. The summed E-state index contributed by atoms with van der Waals surface area (Å²) in [6, 6.07) is 15.0. The predicted molar refractivity (Wildman–Crippen MR) is 74.0 cm³/mol. The number of hydrogen-bond donors (Lipinski definition) is 0. The zero-order valence-corrected chi connectivity index (χ0v) is 10.8. The Hall–Kier alpha value is -2.29. The van der Waals surface area contributed by atoms with E-state index in [0.29, 0.717) is 18.8 Å². The maximum absolute atomic E-state index is 10.6. The lowest BCUT2D eigenvalue weighted by molar-refractivity contribution is 0.112. The smallest absolute Gasteiger partial charge is 0.150 e. The van der Waals surface area contributed by atoms with Crippen molar-refractivity contribution >= 4 is 6.29 Å². The zero-order chi connectivity index (χ0) is 13.5. The van der Waals surface area contributed by atoms with Gasteiger partial charge in [0.25, 0.3) is 0 Å². The van der Waals surface area contributed by atoms with Crippen LogP contribution in [0, 0.1) is 6.92 Å². The van der Waals surface area contributed by atoms with Crippen molar-refractivity contribution in [2.45, 2.75) is 6.92 Å². The Balaban J connectivity index is 1.81. The zero-order valence-electron chi connectivity index (χ0n) is 10.8. The molecule has 0 aliphatic carbocycles. The molecule has 2 aromatic rings. The minimum absolute atomic E-state index is 0.468. The monoisotopic (exact) mass is 256 g/mol. The number of rotatable bonds is 6. The quantitative estimate of drug-likeness (QED) is 0.588. The van der Waals surface area contributed by atoms with Crippen LogP contribution in [0.1, 0.15) is 15.9 Å². The normalized spacial score (nSPS) is 9.95. The third-order valence-electron chi connectivity index (χ3n) is 2.69. The van der Waals surface area contributed by atoms with Gasteiger partial charge in [0.05, 0.1) is 0 Å². The van der Waals surface area contributed by atoms with Crippen LogP contribution < -0.4 is 9.47 Å². The Morgan fingerprint density at radius 3 is 2.42 bits per heavy atom. The van der Waals surface area contributed by atoms with E-state index in [1.54, 1.807) is 12.1 Å². The molecule has 0 amide bonds. The lowest BCUT2D eigenvalue weighted by atomic mass is 10.1. The molecule has 0 fully saturated rings. The van der Waals surface area contributed by atoms with Crippen LogP contribution in [0.15, 0.2) is 48.5 Å². The fourth-order valence-electron chi connectivity index (χ4n) is 1.74. The fourth-order valence-corrected chi connectivity index (χ4v) is 1.74. The van der Waals surface area contributed by atoms with Gasteiger partial charge in [-0.05, 0) is 42.8 Å². The summed E-state index contributed by atoms with van der Waals surface area (Å²) in [4.78, 5) is 10.6. The molecule has 0 radical (unpaired) electrons. The summed E-state index contributed by atoms with van der Waals surface area (Å²) in [7, 11) is 0. The maximum Gasteiger partial charge on any atom is 0.150 e. The van der Waals surface area contributed by atoms with Crippen molar-refractivity contribution in [3.63, 3.8) is 0 Å². The largest absolute Gasteiger partial charge is 0.490 e. The highest BCUT2D eigenvalue weighted by Crippen LogP contribution is 2.18. The minimum atomic E-state index is 0.468. The molecule has 0 N–H and O–H groups in total. The number of aryl methyl sites for hydroxylation is 1. The van der Waals surface area contributed by atoms with E-state index in [1.807, 2.05) is 43.3 Å². The van der Waals surface area contributed by atoms with Gasteiger partial charge in [-0.3, -0.25) is 4.79 Å². The Bertz CT molecular complexity index is 535. The van der Waals surface area contributed by atoms with Gasteiger partial charge >= 0.3 is 0 Å². The summed E-state index contributed by atoms with van der Waals surface area (Å²) >= 11 is 0. The highest BCUT2D eigenvalue weighted by molar-refractivity contribution is 5.75. The second-order valence-electron chi connectivity index (χ2n) is 4.15. The van der Waals surface area contributed by atoms with Crippen molar-refractivity contribution in [3.8, 4) is 11.5 Å². The Morgan fingerprint density at radius 1 is 1.00 bits per heavy atom. The van der Waals surface area contributed by atoms with Crippen LogP contribution in [-0.4, -0.2) is 19.5 Å². The van der Waals surface area contributed by atoms with Crippen LogP contribution in [0.3, 0.4) is 0 Å². The second kappa shape index (κ2) is 6.59. The number of carbonyl (C=O) groups excluding carboxylic acids is 1. The molecular weight excluding hydrogens is 240 g/mol. The van der Waals surface area contributed by atoms with Gasteiger partial charge in [-0.2, -0.15) is 0 Å². The Labute approximate surface area is 112 Å². The van der Waals surface area contributed by atoms with Crippen molar-refractivity contribution in [3.05, 3.63) is 59.7 Å². The van der Waals surface area contributed by atoms with Crippen LogP contribution in [0.2, 0.25) is 0 Å². The van der Waals surface area contributed by atoms with Gasteiger partial charge < -0.3 is 9.47 Å². The summed E-state index contributed by atoms with van der Waals surface area (Å²) in [5.41, 5.74) is 1.61. The van der Waals surface area contributed by atoms with E-state index in [-0.39, 0.29) is 0 Å². The minimum Gasteiger partial charge on any atom is -0.490 e. The third-order valence-corrected chi connectivity index (χ3v) is 2.69. The van der Waals surface area contributed by atoms with Crippen LogP contribution >= 0.6 is 0 Å². The van der Waals surface area contributed by atoms with Gasteiger partial charge in [0.1, 0.15) is 31.0 Å². The average molecular weight is 256 g/mol. The second-order valence-corrected chi connectivity index (χ2v) is 4.15. The lowest BCUT2D eigenvalue weighted by Gasteiger charge is -2.10. The molecule has 0 spiro atoms. The van der Waals surface area contributed by atoms with Crippen LogP contribution in [0.4, 0.5) is 0 Å². The molecule has 98 valence electrons. The van der Waals surface area contributed by atoms with E-state index in [0.717, 1.165) is 23.3 Å². The molecule has 3 heteroatoms. The Kier molecular flexibility index (Phi) is 4.56. The molecule has 0 aromatic heterocycles. The molecule has 0 atom stereocenters. The molecule has 0 aliphatic heterocycles. The van der Waals surface area contributed by atoms with Gasteiger partial charge in [0.15, 0.2) is 0 Å². The van der Waals surface area contributed by atoms with E-state index in [9.17, 15) is 4.79 Å². The average Bonchev–Trinajstić information content (AvgIpc) is 2.46. The molecule has 0 heterocycles. The first-order valence-corrected chi connectivity index (χ1v) is 6.16. The summed E-state index contributed by atoms with van der Waals surface area (Å²) in [5.74, 6) is 1.61. The van der Waals surface area contributed by atoms with Gasteiger partial charge in [0.2, 0.25) is 0 Å². The summed E-state index contributed by atoms with van der Waals surface area (Å²) in [6.45, 7) is 2.87. The van der Waals surface area contributed by atoms with E-state index < -0.39 is 0 Å². The van der Waals surface area contributed by atoms with Gasteiger partial charge in [-0.25, -0.2) is 0 Å². The third kappa shape index (κ3) is 3.85. The number of hydrogen-bond acceptors (Lipinski definition) is 3. The fraction of sp³-hybridized carbons (Fsp3) is 0.188. The number of carbonyl (C=O) groups is 1. The van der Waals surface area contributed by atoms with Crippen molar-refractivity contribution < 1.29 is 14.3 Å². The first-order chi connectivity index (χ1) is 9.29. The van der Waals surface area contributed by atoms with Gasteiger partial charge in [-0.15, -0.1) is 0 Å². The molecule has 2 rings (SSSR count). The molecule has 2 aromatic carbocycles. The summed E-state index contributed by atoms with van der Waals surface area (Å²) in [6.07, 6.45) is 0.829. The van der Waals surface area contributed by atoms with E-state index in [2.05, 4.69) is 0 Å². The topological polar surface area (TPSA) is 35.5 Å². The highest BCUT2D eigenvalue weighted by atomic mass is 16.5. The predicted octanol–water partition coefficient (Wildman–Crippen LogP) is 3.27. The Morgan fingerprint density at radius 2 is 1.74 bits per heavy atom. The molecule has 0 aliphatic rings. The van der Waals surface area contributed by atoms with Gasteiger partial charge in [0, 0.05) is 5.56 Å². The van der Waals surface area contributed by atoms with Crippen molar-refractivity contribution in [2.24, 2.45) is 0 Å². The number of ether oxygens (including phenoxy) is 2. The van der Waals surface area contributed by atoms with E-state index >= 15 is 0 Å². The number of para-hydroxylation sites is 1. The first-order valence-electron chi connectivity index (χ1n) is 6.16. The highest BCUT2D eigenvalue weighted by Gasteiger charge is 2.01. The summed E-state index contributed by atoms with van der Waals surface area (Å²) < 4.78 is 11.1. The summed E-state index contributed by atoms with van der Waals surface area (Å²) in [5, 5.41) is 0. The van der Waals surface area contributed by atoms with E-state index in [1.165, 1.54) is 0 Å².